The Balaban J connectivity index is 1.55. The lowest BCUT2D eigenvalue weighted by Crippen LogP contribution is -2.54. The van der Waals surface area contributed by atoms with E-state index in [0.717, 1.165) is 5.92 Å². The number of likely N-dealkylation sites (tertiary alicyclic amines) is 2. The predicted octanol–water partition coefficient (Wildman–Crippen LogP) is 3.37. The average Bonchev–Trinajstić information content (AvgIpc) is 3.16. The lowest BCUT2D eigenvalue weighted by Gasteiger charge is -2.51. The van der Waals surface area contributed by atoms with Crippen molar-refractivity contribution in [3.63, 3.8) is 0 Å². The van der Waals surface area contributed by atoms with Gasteiger partial charge in [0.05, 0.1) is 0 Å². The van der Waals surface area contributed by atoms with Crippen molar-refractivity contribution in [3.05, 3.63) is 0 Å². The van der Waals surface area contributed by atoms with Crippen LogP contribution < -0.4 is 0 Å². The average molecular weight is 264 g/mol. The van der Waals surface area contributed by atoms with Crippen LogP contribution in [0.5, 0.6) is 0 Å². The van der Waals surface area contributed by atoms with E-state index in [0.29, 0.717) is 11.0 Å². The summed E-state index contributed by atoms with van der Waals surface area (Å²) in [6.45, 7) is 14.0. The monoisotopic (exact) mass is 264 g/mol. The third-order valence-corrected chi connectivity index (χ3v) is 5.74. The van der Waals surface area contributed by atoms with E-state index in [1.165, 1.54) is 71.2 Å². The molecule has 1 spiro atoms. The zero-order valence-electron chi connectivity index (χ0n) is 13.2. The van der Waals surface area contributed by atoms with Crippen LogP contribution in [-0.2, 0) is 0 Å². The topological polar surface area (TPSA) is 6.48 Å². The second-order valence-corrected chi connectivity index (χ2v) is 8.44. The van der Waals surface area contributed by atoms with Crippen LogP contribution in [0.1, 0.15) is 59.3 Å². The Kier molecular flexibility index (Phi) is 3.68. The van der Waals surface area contributed by atoms with E-state index in [1.54, 1.807) is 0 Å². The SMILES string of the molecule is CC(C)(C)N1CCCC2(CCN(CC3CC3)CC2)C1. The molecule has 2 heteroatoms. The van der Waals surface area contributed by atoms with Gasteiger partial charge in [0.15, 0.2) is 0 Å². The van der Waals surface area contributed by atoms with Crippen molar-refractivity contribution >= 4 is 0 Å². The third kappa shape index (κ3) is 3.33. The van der Waals surface area contributed by atoms with Crippen LogP contribution in [0.3, 0.4) is 0 Å². The maximum Gasteiger partial charge on any atom is 0.0125 e. The van der Waals surface area contributed by atoms with Gasteiger partial charge in [-0.25, -0.2) is 0 Å². The van der Waals surface area contributed by atoms with Gasteiger partial charge in [-0.05, 0) is 90.3 Å². The summed E-state index contributed by atoms with van der Waals surface area (Å²) in [5.41, 5.74) is 1.02. The van der Waals surface area contributed by atoms with Crippen LogP contribution in [0.2, 0.25) is 0 Å². The first-order valence-electron chi connectivity index (χ1n) is 8.44. The molecule has 0 aromatic carbocycles. The summed E-state index contributed by atoms with van der Waals surface area (Å²) in [7, 11) is 0. The number of hydrogen-bond acceptors (Lipinski definition) is 2. The van der Waals surface area contributed by atoms with E-state index in [4.69, 9.17) is 0 Å². The molecular weight excluding hydrogens is 232 g/mol. The van der Waals surface area contributed by atoms with Gasteiger partial charge in [-0.1, -0.05) is 0 Å². The Morgan fingerprint density at radius 2 is 1.68 bits per heavy atom. The minimum atomic E-state index is 0.360. The third-order valence-electron chi connectivity index (χ3n) is 5.74. The van der Waals surface area contributed by atoms with Crippen molar-refractivity contribution in [2.24, 2.45) is 11.3 Å². The fourth-order valence-corrected chi connectivity index (χ4v) is 4.06. The maximum absolute atomic E-state index is 2.75. The normalized spacial score (nSPS) is 29.8. The van der Waals surface area contributed by atoms with Crippen LogP contribution in [0, 0.1) is 11.3 Å². The molecule has 0 atom stereocenters. The first kappa shape index (κ1) is 13.9. The van der Waals surface area contributed by atoms with Crippen molar-refractivity contribution in [1.29, 1.82) is 0 Å². The molecule has 3 fully saturated rings. The van der Waals surface area contributed by atoms with E-state index in [2.05, 4.69) is 30.6 Å². The van der Waals surface area contributed by atoms with Gasteiger partial charge in [0, 0.05) is 18.6 Å². The van der Waals surface area contributed by atoms with Crippen molar-refractivity contribution in [3.8, 4) is 0 Å². The fourth-order valence-electron chi connectivity index (χ4n) is 4.06. The van der Waals surface area contributed by atoms with Gasteiger partial charge >= 0.3 is 0 Å². The molecule has 0 radical (unpaired) electrons. The van der Waals surface area contributed by atoms with Crippen LogP contribution in [0.25, 0.3) is 0 Å². The molecule has 2 heterocycles. The molecule has 2 saturated heterocycles. The van der Waals surface area contributed by atoms with Crippen molar-refractivity contribution in [2.45, 2.75) is 64.8 Å². The van der Waals surface area contributed by atoms with Gasteiger partial charge in [-0.2, -0.15) is 0 Å². The predicted molar refractivity (Wildman–Crippen MR) is 81.4 cm³/mol. The molecule has 0 amide bonds. The summed E-state index contributed by atoms with van der Waals surface area (Å²) in [5.74, 6) is 1.06. The van der Waals surface area contributed by atoms with Crippen molar-refractivity contribution < 1.29 is 0 Å². The Morgan fingerprint density at radius 3 is 2.26 bits per heavy atom. The minimum Gasteiger partial charge on any atom is -0.303 e. The van der Waals surface area contributed by atoms with Gasteiger partial charge in [0.2, 0.25) is 0 Å². The summed E-state index contributed by atoms with van der Waals surface area (Å²) in [6, 6.07) is 0. The van der Waals surface area contributed by atoms with E-state index < -0.39 is 0 Å². The molecule has 2 aliphatic heterocycles. The van der Waals surface area contributed by atoms with Gasteiger partial charge < -0.3 is 4.90 Å². The largest absolute Gasteiger partial charge is 0.303 e. The van der Waals surface area contributed by atoms with E-state index in [9.17, 15) is 0 Å². The minimum absolute atomic E-state index is 0.360. The molecule has 2 nitrogen and oxygen atoms in total. The van der Waals surface area contributed by atoms with E-state index >= 15 is 0 Å². The molecule has 0 aromatic rings. The van der Waals surface area contributed by atoms with Gasteiger partial charge in [0.1, 0.15) is 0 Å². The fraction of sp³-hybridized carbons (Fsp3) is 1.00. The highest BCUT2D eigenvalue weighted by Gasteiger charge is 2.41. The van der Waals surface area contributed by atoms with Gasteiger partial charge in [-0.3, -0.25) is 4.90 Å². The molecule has 1 aliphatic carbocycles. The van der Waals surface area contributed by atoms with Gasteiger partial charge in [0.25, 0.3) is 0 Å². The summed E-state index contributed by atoms with van der Waals surface area (Å²) < 4.78 is 0. The van der Waals surface area contributed by atoms with Crippen molar-refractivity contribution in [2.75, 3.05) is 32.7 Å². The maximum atomic E-state index is 2.75. The number of hydrogen-bond donors (Lipinski definition) is 0. The summed E-state index contributed by atoms with van der Waals surface area (Å²) in [6.07, 6.45) is 8.80. The molecule has 0 unspecified atom stereocenters. The molecule has 0 N–H and O–H groups in total. The molecule has 3 aliphatic rings. The van der Waals surface area contributed by atoms with E-state index in [-0.39, 0.29) is 0 Å². The first-order chi connectivity index (χ1) is 8.97. The van der Waals surface area contributed by atoms with Crippen molar-refractivity contribution in [1.82, 2.24) is 9.80 Å². The number of rotatable bonds is 2. The second-order valence-electron chi connectivity index (χ2n) is 8.44. The Bertz CT molecular complexity index is 306. The zero-order chi connectivity index (χ0) is 13.5. The standard InChI is InChI=1S/C17H32N2/c1-16(2,3)19-10-4-7-17(14-19)8-11-18(12-9-17)13-15-5-6-15/h15H,4-14H2,1-3H3. The van der Waals surface area contributed by atoms with Crippen LogP contribution in [-0.4, -0.2) is 48.1 Å². The highest BCUT2D eigenvalue weighted by molar-refractivity contribution is 4.95. The highest BCUT2D eigenvalue weighted by atomic mass is 15.2. The lowest BCUT2D eigenvalue weighted by molar-refractivity contribution is -0.0136. The Hall–Kier alpha value is -0.0800. The smallest absolute Gasteiger partial charge is 0.0125 e. The Morgan fingerprint density at radius 1 is 1.00 bits per heavy atom. The van der Waals surface area contributed by atoms with Crippen LogP contribution >= 0.6 is 0 Å². The van der Waals surface area contributed by atoms with Crippen LogP contribution in [0.15, 0.2) is 0 Å². The molecule has 19 heavy (non-hydrogen) atoms. The van der Waals surface area contributed by atoms with E-state index in [1.807, 2.05) is 0 Å². The molecule has 0 aromatic heterocycles. The molecular formula is C17H32N2. The molecule has 1 saturated carbocycles. The first-order valence-corrected chi connectivity index (χ1v) is 8.44. The van der Waals surface area contributed by atoms with Crippen LogP contribution in [0.4, 0.5) is 0 Å². The Labute approximate surface area is 119 Å². The molecule has 110 valence electrons. The summed E-state index contributed by atoms with van der Waals surface area (Å²) in [4.78, 5) is 5.49. The number of piperidine rings is 2. The zero-order valence-corrected chi connectivity index (χ0v) is 13.2. The highest BCUT2D eigenvalue weighted by Crippen LogP contribution is 2.42. The second kappa shape index (κ2) is 5.04. The lowest BCUT2D eigenvalue weighted by atomic mass is 9.71. The summed E-state index contributed by atoms with van der Waals surface area (Å²) in [5, 5.41) is 0. The summed E-state index contributed by atoms with van der Waals surface area (Å²) >= 11 is 0. The number of nitrogens with zero attached hydrogens (tertiary/aromatic N) is 2. The quantitative estimate of drug-likeness (QED) is 0.754. The molecule has 0 bridgehead atoms. The van der Waals surface area contributed by atoms with Gasteiger partial charge in [-0.15, -0.1) is 0 Å². The molecule has 3 rings (SSSR count).